The summed E-state index contributed by atoms with van der Waals surface area (Å²) < 4.78 is 60.1. The number of methoxy groups -OCH3 is 1. The number of amides is 1. The van der Waals surface area contributed by atoms with E-state index >= 15 is 0 Å². The maximum Gasteiger partial charge on any atom is 0.573 e. The molecular weight excluding hydrogens is 472 g/mol. The smallest absolute Gasteiger partial charge is 0.403 e. The monoisotopic (exact) mass is 492 g/mol. The van der Waals surface area contributed by atoms with Gasteiger partial charge < -0.3 is 19.8 Å². The molecule has 0 saturated heterocycles. The van der Waals surface area contributed by atoms with Crippen LogP contribution in [0.15, 0.2) is 47.4 Å². The number of ether oxygens (including phenoxy) is 2. The molecule has 1 unspecified atom stereocenters. The number of alkyl halides is 3. The largest absolute Gasteiger partial charge is 0.573 e. The van der Waals surface area contributed by atoms with E-state index in [0.717, 1.165) is 42.7 Å². The first kappa shape index (κ1) is 24.3. The van der Waals surface area contributed by atoms with E-state index < -0.39 is 35.4 Å². The predicted octanol–water partition coefficient (Wildman–Crippen LogP) is 3.86. The van der Waals surface area contributed by atoms with Crippen molar-refractivity contribution in [2.24, 2.45) is 0 Å². The number of hydrogen-bond donors (Lipinski definition) is 2. The summed E-state index contributed by atoms with van der Waals surface area (Å²) in [6, 6.07) is 6.49. The average Bonchev–Trinajstić information content (AvgIpc) is 3.64. The van der Waals surface area contributed by atoms with E-state index in [1.165, 1.54) is 7.11 Å². The number of hydrogen-bond acceptors (Lipinski definition) is 6. The van der Waals surface area contributed by atoms with Crippen LogP contribution in [0.1, 0.15) is 46.4 Å². The summed E-state index contributed by atoms with van der Waals surface area (Å²) in [5.41, 5.74) is 0.781. The topological polar surface area (TPSA) is 106 Å². The maximum absolute atomic E-state index is 14.2. The Morgan fingerprint density at radius 1 is 1.23 bits per heavy atom. The van der Waals surface area contributed by atoms with Gasteiger partial charge in [0.05, 0.1) is 12.6 Å². The second-order valence-corrected chi connectivity index (χ2v) is 7.95. The van der Waals surface area contributed by atoms with E-state index in [1.807, 2.05) is 6.07 Å². The van der Waals surface area contributed by atoms with E-state index in [4.69, 9.17) is 4.74 Å². The fourth-order valence-electron chi connectivity index (χ4n) is 3.50. The fourth-order valence-corrected chi connectivity index (χ4v) is 3.50. The first-order chi connectivity index (χ1) is 16.6. The SMILES string of the molecule is COCC(NC(=O)c1cc(=O)[nH]c(-c2cc(C3CC3)ccn2)n1)c1ccc(OC(F)(F)F)c(F)c1. The van der Waals surface area contributed by atoms with Gasteiger partial charge in [-0.3, -0.25) is 14.6 Å². The quantitative estimate of drug-likeness (QED) is 0.463. The highest BCUT2D eigenvalue weighted by Gasteiger charge is 2.32. The number of pyridine rings is 1. The van der Waals surface area contributed by atoms with Crippen LogP contribution in [0.4, 0.5) is 17.6 Å². The number of nitrogens with one attached hydrogen (secondary N) is 2. The lowest BCUT2D eigenvalue weighted by molar-refractivity contribution is -0.275. The Balaban J connectivity index is 1.57. The van der Waals surface area contributed by atoms with Crippen LogP contribution in [0.5, 0.6) is 5.75 Å². The van der Waals surface area contributed by atoms with Gasteiger partial charge in [0.15, 0.2) is 17.4 Å². The van der Waals surface area contributed by atoms with Gasteiger partial charge in [0.2, 0.25) is 0 Å². The molecule has 1 aromatic carbocycles. The number of benzene rings is 1. The van der Waals surface area contributed by atoms with Gasteiger partial charge in [-0.15, -0.1) is 13.2 Å². The summed E-state index contributed by atoms with van der Waals surface area (Å²) in [4.78, 5) is 36.1. The van der Waals surface area contributed by atoms with Crippen LogP contribution >= 0.6 is 0 Å². The summed E-state index contributed by atoms with van der Waals surface area (Å²) in [5.74, 6) is -2.50. The third-order valence-corrected chi connectivity index (χ3v) is 5.27. The number of carbonyl (C=O) groups excluding carboxylic acids is 1. The van der Waals surface area contributed by atoms with Crippen molar-refractivity contribution >= 4 is 5.91 Å². The Kier molecular flexibility index (Phi) is 6.83. The van der Waals surface area contributed by atoms with Crippen LogP contribution in [0, 0.1) is 5.82 Å². The molecule has 0 bridgehead atoms. The van der Waals surface area contributed by atoms with Gasteiger partial charge in [0.25, 0.3) is 11.5 Å². The number of aromatic nitrogens is 3. The minimum atomic E-state index is -5.06. The van der Waals surface area contributed by atoms with Crippen LogP contribution in [-0.4, -0.2) is 40.9 Å². The molecule has 1 aliphatic carbocycles. The van der Waals surface area contributed by atoms with E-state index in [2.05, 4.69) is 25.0 Å². The predicted molar refractivity (Wildman–Crippen MR) is 115 cm³/mol. The highest BCUT2D eigenvalue weighted by atomic mass is 19.4. The van der Waals surface area contributed by atoms with Crippen molar-refractivity contribution in [1.82, 2.24) is 20.3 Å². The zero-order valence-corrected chi connectivity index (χ0v) is 18.4. The standard InChI is InChI=1S/C23H20F4N4O4/c1-34-11-18(14-4-5-19(15(24)8-14)35-23(25,26)27)30-22(33)17-10-20(32)31-21(29-17)16-9-13(6-7-28-16)12-2-3-12/h4-10,12,18H,2-3,11H2,1H3,(H,30,33)(H,29,31,32). The summed E-state index contributed by atoms with van der Waals surface area (Å²) in [6.45, 7) is -0.133. The molecule has 1 saturated carbocycles. The van der Waals surface area contributed by atoms with Crippen molar-refractivity contribution in [1.29, 1.82) is 0 Å². The molecule has 1 amide bonds. The lowest BCUT2D eigenvalue weighted by atomic mass is 10.1. The summed E-state index contributed by atoms with van der Waals surface area (Å²) >= 11 is 0. The Bertz CT molecular complexity index is 1290. The normalized spacial score (nSPS) is 14.4. The molecular formula is C23H20F4N4O4. The molecule has 184 valence electrons. The number of aromatic amines is 1. The fraction of sp³-hybridized carbons (Fsp3) is 0.304. The zero-order chi connectivity index (χ0) is 25.2. The van der Waals surface area contributed by atoms with Crippen molar-refractivity contribution in [2.45, 2.75) is 31.2 Å². The number of carbonyl (C=O) groups is 1. The van der Waals surface area contributed by atoms with E-state index in [9.17, 15) is 27.2 Å². The van der Waals surface area contributed by atoms with Gasteiger partial charge in [-0.2, -0.15) is 0 Å². The molecule has 0 aliphatic heterocycles. The molecule has 12 heteroatoms. The summed E-state index contributed by atoms with van der Waals surface area (Å²) in [7, 11) is 1.33. The Labute approximate surface area is 196 Å². The van der Waals surface area contributed by atoms with E-state index in [-0.39, 0.29) is 23.7 Å². The van der Waals surface area contributed by atoms with Gasteiger partial charge in [-0.25, -0.2) is 9.37 Å². The molecule has 35 heavy (non-hydrogen) atoms. The zero-order valence-electron chi connectivity index (χ0n) is 18.4. The Morgan fingerprint density at radius 3 is 2.66 bits per heavy atom. The minimum absolute atomic E-state index is 0.105. The van der Waals surface area contributed by atoms with Crippen molar-refractivity contribution in [3.05, 3.63) is 75.6 Å². The first-order valence-corrected chi connectivity index (χ1v) is 10.6. The molecule has 8 nitrogen and oxygen atoms in total. The molecule has 1 aliphatic rings. The second kappa shape index (κ2) is 9.82. The van der Waals surface area contributed by atoms with Crippen molar-refractivity contribution in [3.8, 4) is 17.3 Å². The Morgan fingerprint density at radius 2 is 2.00 bits per heavy atom. The average molecular weight is 492 g/mol. The summed E-state index contributed by atoms with van der Waals surface area (Å²) in [6.07, 6.45) is -1.31. The molecule has 1 atom stereocenters. The molecule has 2 aromatic heterocycles. The molecule has 0 spiro atoms. The minimum Gasteiger partial charge on any atom is -0.403 e. The van der Waals surface area contributed by atoms with Crippen molar-refractivity contribution in [3.63, 3.8) is 0 Å². The molecule has 3 aromatic rings. The third kappa shape index (κ3) is 6.21. The lowest BCUT2D eigenvalue weighted by Crippen LogP contribution is -2.33. The second-order valence-electron chi connectivity index (χ2n) is 7.95. The maximum atomic E-state index is 14.2. The van der Waals surface area contributed by atoms with E-state index in [0.29, 0.717) is 11.6 Å². The summed E-state index contributed by atoms with van der Waals surface area (Å²) in [5, 5.41) is 2.56. The van der Waals surface area contributed by atoms with E-state index in [1.54, 1.807) is 12.3 Å². The lowest BCUT2D eigenvalue weighted by Gasteiger charge is -2.19. The third-order valence-electron chi connectivity index (χ3n) is 5.27. The van der Waals surface area contributed by atoms with Crippen LogP contribution < -0.4 is 15.6 Å². The van der Waals surface area contributed by atoms with Crippen LogP contribution in [0.3, 0.4) is 0 Å². The Hall–Kier alpha value is -3.80. The number of halogens is 4. The number of H-pyrrole nitrogens is 1. The van der Waals surface area contributed by atoms with Crippen LogP contribution in [0.2, 0.25) is 0 Å². The molecule has 2 N–H and O–H groups in total. The molecule has 4 rings (SSSR count). The van der Waals surface area contributed by atoms with Gasteiger partial charge >= 0.3 is 6.36 Å². The van der Waals surface area contributed by atoms with Gasteiger partial charge in [0, 0.05) is 19.4 Å². The first-order valence-electron chi connectivity index (χ1n) is 10.6. The molecule has 1 fully saturated rings. The van der Waals surface area contributed by atoms with Gasteiger partial charge in [-0.05, 0) is 54.2 Å². The molecule has 0 radical (unpaired) electrons. The van der Waals surface area contributed by atoms with Crippen LogP contribution in [0.25, 0.3) is 11.5 Å². The van der Waals surface area contributed by atoms with Crippen LogP contribution in [-0.2, 0) is 4.74 Å². The van der Waals surface area contributed by atoms with Gasteiger partial charge in [0.1, 0.15) is 11.4 Å². The van der Waals surface area contributed by atoms with Gasteiger partial charge in [-0.1, -0.05) is 6.07 Å². The number of rotatable bonds is 8. The number of nitrogens with zero attached hydrogens (tertiary/aromatic N) is 2. The highest BCUT2D eigenvalue weighted by Crippen LogP contribution is 2.40. The molecule has 2 heterocycles. The highest BCUT2D eigenvalue weighted by molar-refractivity contribution is 5.92. The van der Waals surface area contributed by atoms with Crippen molar-refractivity contribution in [2.75, 3.05) is 13.7 Å². The van der Waals surface area contributed by atoms with Crippen molar-refractivity contribution < 1.29 is 31.8 Å².